The second kappa shape index (κ2) is 6.74. The number of oxime groups is 1. The average Bonchev–Trinajstić information content (AvgIpc) is 2.52. The summed E-state index contributed by atoms with van der Waals surface area (Å²) in [7, 11) is 1.42. The normalized spacial score (nSPS) is 11.3. The van der Waals surface area contributed by atoms with E-state index in [0.29, 0.717) is 17.0 Å². The molecule has 2 aromatic rings. The summed E-state index contributed by atoms with van der Waals surface area (Å²) in [6.07, 6.45) is 0. The molecule has 0 aromatic heterocycles. The van der Waals surface area contributed by atoms with Crippen LogP contribution >= 0.6 is 0 Å². The number of benzene rings is 2. The van der Waals surface area contributed by atoms with Crippen LogP contribution in [0.4, 0.5) is 4.39 Å². The molecule has 0 saturated carbocycles. The van der Waals surface area contributed by atoms with Crippen molar-refractivity contribution < 1.29 is 19.1 Å². The molecule has 21 heavy (non-hydrogen) atoms. The van der Waals surface area contributed by atoms with Gasteiger partial charge in [0.25, 0.3) is 0 Å². The summed E-state index contributed by atoms with van der Waals surface area (Å²) in [4.78, 5) is 0. The second-order valence-electron chi connectivity index (χ2n) is 4.47. The highest BCUT2D eigenvalue weighted by atomic mass is 19.1. The minimum Gasteiger partial charge on any atom is -0.494 e. The van der Waals surface area contributed by atoms with Gasteiger partial charge in [0.05, 0.1) is 12.8 Å². The third kappa shape index (κ3) is 3.72. The van der Waals surface area contributed by atoms with Crippen LogP contribution in [0.2, 0.25) is 0 Å². The first kappa shape index (κ1) is 14.8. The molecular weight excluding hydrogens is 273 g/mol. The number of nitrogens with zero attached hydrogens (tertiary/aromatic N) is 1. The number of rotatable bonds is 5. The van der Waals surface area contributed by atoms with Crippen LogP contribution in [-0.4, -0.2) is 18.0 Å². The van der Waals surface area contributed by atoms with Gasteiger partial charge < -0.3 is 14.7 Å². The van der Waals surface area contributed by atoms with E-state index in [-0.39, 0.29) is 12.4 Å². The van der Waals surface area contributed by atoms with Gasteiger partial charge in [-0.15, -0.1) is 0 Å². The van der Waals surface area contributed by atoms with Crippen molar-refractivity contribution >= 4 is 5.71 Å². The van der Waals surface area contributed by atoms with E-state index in [4.69, 9.17) is 14.7 Å². The van der Waals surface area contributed by atoms with E-state index >= 15 is 0 Å². The topological polar surface area (TPSA) is 51.0 Å². The van der Waals surface area contributed by atoms with Gasteiger partial charge in [0, 0.05) is 5.56 Å². The Balaban J connectivity index is 2.08. The Labute approximate surface area is 122 Å². The van der Waals surface area contributed by atoms with Crippen LogP contribution in [0.25, 0.3) is 0 Å². The maximum Gasteiger partial charge on any atom is 0.165 e. The maximum atomic E-state index is 13.6. The number of methoxy groups -OCH3 is 1. The molecule has 1 N–H and O–H groups in total. The summed E-state index contributed by atoms with van der Waals surface area (Å²) >= 11 is 0. The lowest BCUT2D eigenvalue weighted by Crippen LogP contribution is -1.99. The van der Waals surface area contributed by atoms with E-state index in [2.05, 4.69) is 5.16 Å². The summed E-state index contributed by atoms with van der Waals surface area (Å²) in [6, 6.07) is 11.8. The highest BCUT2D eigenvalue weighted by Crippen LogP contribution is 2.20. The molecular formula is C16H16FNO3. The first-order valence-corrected chi connectivity index (χ1v) is 6.38. The molecule has 0 fully saturated rings. The number of hydrogen-bond acceptors (Lipinski definition) is 4. The number of hydrogen-bond donors (Lipinski definition) is 1. The zero-order valence-corrected chi connectivity index (χ0v) is 11.8. The fourth-order valence-electron chi connectivity index (χ4n) is 1.84. The fourth-order valence-corrected chi connectivity index (χ4v) is 1.84. The predicted molar refractivity (Wildman–Crippen MR) is 77.7 cm³/mol. The molecule has 0 aliphatic carbocycles. The Hall–Kier alpha value is -2.56. The molecule has 2 rings (SSSR count). The molecule has 4 nitrogen and oxygen atoms in total. The fraction of sp³-hybridized carbons (Fsp3) is 0.188. The van der Waals surface area contributed by atoms with E-state index in [1.807, 2.05) is 6.07 Å². The van der Waals surface area contributed by atoms with Gasteiger partial charge in [-0.3, -0.25) is 0 Å². The van der Waals surface area contributed by atoms with Gasteiger partial charge in [-0.25, -0.2) is 4.39 Å². The molecule has 0 aliphatic rings. The Morgan fingerprint density at radius 1 is 1.24 bits per heavy atom. The van der Waals surface area contributed by atoms with Crippen LogP contribution < -0.4 is 9.47 Å². The van der Waals surface area contributed by atoms with Gasteiger partial charge >= 0.3 is 0 Å². The molecule has 0 atom stereocenters. The van der Waals surface area contributed by atoms with Gasteiger partial charge in [-0.1, -0.05) is 23.4 Å². The molecule has 0 spiro atoms. The molecule has 0 aliphatic heterocycles. The van der Waals surface area contributed by atoms with Crippen LogP contribution in [-0.2, 0) is 6.61 Å². The minimum absolute atomic E-state index is 0.204. The Kier molecular flexibility index (Phi) is 4.77. The predicted octanol–water partition coefficient (Wildman–Crippen LogP) is 3.61. The molecule has 0 bridgehead atoms. The summed E-state index contributed by atoms with van der Waals surface area (Å²) in [5.74, 6) is 0.401. The third-order valence-corrected chi connectivity index (χ3v) is 3.02. The monoisotopic (exact) mass is 289 g/mol. The van der Waals surface area contributed by atoms with Crippen molar-refractivity contribution in [3.63, 3.8) is 0 Å². The Bertz CT molecular complexity index is 656. The van der Waals surface area contributed by atoms with E-state index < -0.39 is 5.82 Å². The van der Waals surface area contributed by atoms with Crippen molar-refractivity contribution in [2.45, 2.75) is 13.5 Å². The van der Waals surface area contributed by atoms with E-state index in [1.165, 1.54) is 13.2 Å². The quantitative estimate of drug-likeness (QED) is 0.519. The van der Waals surface area contributed by atoms with Crippen molar-refractivity contribution in [1.82, 2.24) is 0 Å². The summed E-state index contributed by atoms with van der Waals surface area (Å²) < 4.78 is 24.0. The van der Waals surface area contributed by atoms with Crippen LogP contribution in [0, 0.1) is 5.82 Å². The lowest BCUT2D eigenvalue weighted by atomic mass is 10.1. The Morgan fingerprint density at radius 2 is 2.05 bits per heavy atom. The van der Waals surface area contributed by atoms with Crippen molar-refractivity contribution in [3.8, 4) is 11.5 Å². The third-order valence-electron chi connectivity index (χ3n) is 3.02. The van der Waals surface area contributed by atoms with E-state index in [9.17, 15) is 4.39 Å². The van der Waals surface area contributed by atoms with Crippen molar-refractivity contribution in [2.75, 3.05) is 7.11 Å². The van der Waals surface area contributed by atoms with Crippen LogP contribution in [0.5, 0.6) is 11.5 Å². The summed E-state index contributed by atoms with van der Waals surface area (Å²) in [6.45, 7) is 1.93. The summed E-state index contributed by atoms with van der Waals surface area (Å²) in [5.41, 5.74) is 1.96. The van der Waals surface area contributed by atoms with E-state index in [0.717, 1.165) is 5.56 Å². The standard InChI is InChI=1S/C16H16FNO3/c1-11(18-19)13-4-3-5-14(9-13)21-10-12-6-7-16(20-2)15(17)8-12/h3-9,19H,10H2,1-2H3/b18-11+. The molecule has 0 heterocycles. The number of halogens is 1. The molecule has 0 radical (unpaired) electrons. The van der Waals surface area contributed by atoms with Crippen molar-refractivity contribution in [2.24, 2.45) is 5.16 Å². The smallest absolute Gasteiger partial charge is 0.165 e. The highest BCUT2D eigenvalue weighted by molar-refractivity contribution is 5.98. The zero-order chi connectivity index (χ0) is 15.2. The van der Waals surface area contributed by atoms with Gasteiger partial charge in [0.2, 0.25) is 0 Å². The maximum absolute atomic E-state index is 13.6. The lowest BCUT2D eigenvalue weighted by molar-refractivity contribution is 0.304. The average molecular weight is 289 g/mol. The van der Waals surface area contributed by atoms with E-state index in [1.54, 1.807) is 37.3 Å². The van der Waals surface area contributed by atoms with Crippen LogP contribution in [0.15, 0.2) is 47.6 Å². The van der Waals surface area contributed by atoms with Gasteiger partial charge in [0.1, 0.15) is 12.4 Å². The minimum atomic E-state index is -0.421. The van der Waals surface area contributed by atoms with Crippen LogP contribution in [0.1, 0.15) is 18.1 Å². The first-order valence-electron chi connectivity index (χ1n) is 6.38. The molecule has 5 heteroatoms. The molecule has 0 saturated heterocycles. The SMILES string of the molecule is COc1ccc(COc2cccc(/C(C)=N/O)c2)cc1F. The molecule has 2 aromatic carbocycles. The van der Waals surface area contributed by atoms with Crippen LogP contribution in [0.3, 0.4) is 0 Å². The van der Waals surface area contributed by atoms with Gasteiger partial charge in [-0.2, -0.15) is 0 Å². The molecule has 0 unspecified atom stereocenters. The van der Waals surface area contributed by atoms with Gasteiger partial charge in [-0.05, 0) is 36.8 Å². The van der Waals surface area contributed by atoms with Crippen molar-refractivity contribution in [1.29, 1.82) is 0 Å². The largest absolute Gasteiger partial charge is 0.494 e. The molecule has 0 amide bonds. The van der Waals surface area contributed by atoms with Gasteiger partial charge in [0.15, 0.2) is 11.6 Å². The first-order chi connectivity index (χ1) is 10.1. The second-order valence-corrected chi connectivity index (χ2v) is 4.47. The number of ether oxygens (including phenoxy) is 2. The lowest BCUT2D eigenvalue weighted by Gasteiger charge is -2.09. The Morgan fingerprint density at radius 3 is 2.71 bits per heavy atom. The summed E-state index contributed by atoms with van der Waals surface area (Å²) in [5, 5.41) is 11.9. The van der Waals surface area contributed by atoms with Crippen molar-refractivity contribution in [3.05, 3.63) is 59.4 Å². The molecule has 110 valence electrons. The highest BCUT2D eigenvalue weighted by Gasteiger charge is 2.05. The zero-order valence-electron chi connectivity index (χ0n) is 11.8.